The molecule has 0 saturated heterocycles. The lowest BCUT2D eigenvalue weighted by Gasteiger charge is -2.23. The first kappa shape index (κ1) is 24.6. The minimum atomic E-state index is -4.34. The number of benzene rings is 1. The van der Waals surface area contributed by atoms with Gasteiger partial charge in [0, 0.05) is 30.3 Å². The highest BCUT2D eigenvalue weighted by Gasteiger charge is 2.27. The van der Waals surface area contributed by atoms with Crippen molar-refractivity contribution in [1.29, 1.82) is 0 Å². The third kappa shape index (κ3) is 5.19. The Morgan fingerprint density at radius 2 is 1.92 bits per heavy atom. The van der Waals surface area contributed by atoms with Gasteiger partial charge < -0.3 is 5.32 Å². The average molecular weight is 532 g/mol. The Morgan fingerprint density at radius 1 is 1.11 bits per heavy atom. The van der Waals surface area contributed by atoms with Crippen molar-refractivity contribution in [3.05, 3.63) is 75.5 Å². The fraction of sp³-hybridized carbons (Fsp3) is 0.320. The van der Waals surface area contributed by atoms with Crippen LogP contribution in [0.15, 0.2) is 62.5 Å². The zero-order valence-electron chi connectivity index (χ0n) is 19.4. The van der Waals surface area contributed by atoms with Crippen LogP contribution in [0.2, 0.25) is 0 Å². The van der Waals surface area contributed by atoms with Gasteiger partial charge >= 0.3 is 0 Å². The lowest BCUT2D eigenvalue weighted by atomic mass is 9.86. The van der Waals surface area contributed by atoms with Crippen LogP contribution in [0.4, 0.5) is 14.6 Å². The van der Waals surface area contributed by atoms with Gasteiger partial charge in [-0.3, -0.25) is 4.72 Å². The van der Waals surface area contributed by atoms with Crippen molar-refractivity contribution in [3.63, 3.8) is 0 Å². The summed E-state index contributed by atoms with van der Waals surface area (Å²) < 4.78 is 55.4. The number of hydrogen-bond acceptors (Lipinski definition) is 6. The first-order valence-corrected chi connectivity index (χ1v) is 13.5. The fourth-order valence-corrected chi connectivity index (χ4v) is 5.71. The topological polar surface area (TPSA) is 96.3 Å². The molecule has 188 valence electrons. The molecule has 36 heavy (non-hydrogen) atoms. The van der Waals surface area contributed by atoms with Crippen molar-refractivity contribution >= 4 is 39.7 Å². The number of halogens is 3. The van der Waals surface area contributed by atoms with Crippen LogP contribution < -0.4 is 10.0 Å². The highest BCUT2D eigenvalue weighted by atomic mass is 35.5. The number of hydrogen-bond donors (Lipinski definition) is 2. The van der Waals surface area contributed by atoms with Gasteiger partial charge in [0.2, 0.25) is 0 Å². The van der Waals surface area contributed by atoms with Crippen molar-refractivity contribution in [1.82, 2.24) is 14.7 Å². The van der Waals surface area contributed by atoms with E-state index in [0.717, 1.165) is 66.0 Å². The summed E-state index contributed by atoms with van der Waals surface area (Å²) in [6.45, 7) is 2.10. The minimum absolute atomic E-state index is 0.0400. The number of nitrogens with zero attached hydrogens (tertiary/aromatic N) is 3. The molecule has 2 N–H and O–H groups in total. The second-order valence-corrected chi connectivity index (χ2v) is 11.2. The smallest absolute Gasteiger partial charge is 0.264 e. The van der Waals surface area contributed by atoms with E-state index in [0.29, 0.717) is 12.1 Å². The number of sulfonamides is 1. The summed E-state index contributed by atoms with van der Waals surface area (Å²) in [5.41, 5.74) is 3.81. The Morgan fingerprint density at radius 3 is 2.67 bits per heavy atom. The molecule has 1 saturated carbocycles. The van der Waals surface area contributed by atoms with E-state index in [9.17, 15) is 17.2 Å². The standard InChI is InChI=1S/C25H24ClF2N5O2S/c1-14-2-6-19-21(30-13-31-25(19)32-17-4-5-17)8-7-18(14)15-10-22(24(26)29-12-15)33-36(34,35)23-9-3-16(27)11-20(23)28/h3,7-9,11-14,17,33H,2,4-6,10H2,1H3,(H,30,31,32)/b8-7-,18-15-. The Hall–Kier alpha value is -3.11. The molecule has 1 unspecified atom stereocenters. The van der Waals surface area contributed by atoms with Gasteiger partial charge in [-0.05, 0) is 61.0 Å². The normalized spacial score (nSPS) is 23.1. The van der Waals surface area contributed by atoms with Crippen LogP contribution in [0, 0.1) is 17.6 Å². The van der Waals surface area contributed by atoms with E-state index in [4.69, 9.17) is 11.6 Å². The van der Waals surface area contributed by atoms with E-state index in [2.05, 4.69) is 31.9 Å². The van der Waals surface area contributed by atoms with Gasteiger partial charge in [-0.15, -0.1) is 0 Å². The molecule has 1 aromatic heterocycles. The monoisotopic (exact) mass is 531 g/mol. The van der Waals surface area contributed by atoms with Crippen molar-refractivity contribution < 1.29 is 17.2 Å². The second kappa shape index (κ2) is 9.74. The Balaban J connectivity index is 1.43. The van der Waals surface area contributed by atoms with Crippen molar-refractivity contribution in [3.8, 4) is 0 Å². The van der Waals surface area contributed by atoms with Gasteiger partial charge in [0.1, 0.15) is 33.8 Å². The van der Waals surface area contributed by atoms with Crippen molar-refractivity contribution in [2.75, 3.05) is 5.32 Å². The van der Waals surface area contributed by atoms with Crippen LogP contribution in [-0.2, 0) is 16.4 Å². The molecular formula is C25H24ClF2N5O2S. The zero-order chi connectivity index (χ0) is 25.4. The molecule has 7 nitrogen and oxygen atoms in total. The van der Waals surface area contributed by atoms with Crippen LogP contribution in [0.1, 0.15) is 43.9 Å². The Kier molecular flexibility index (Phi) is 6.65. The molecule has 11 heteroatoms. The van der Waals surface area contributed by atoms with Gasteiger partial charge in [0.25, 0.3) is 10.0 Å². The van der Waals surface area contributed by atoms with Gasteiger partial charge in [0.15, 0.2) is 0 Å². The van der Waals surface area contributed by atoms with Gasteiger partial charge in [-0.2, -0.15) is 0 Å². The average Bonchev–Trinajstić information content (AvgIpc) is 3.63. The van der Waals surface area contributed by atoms with E-state index in [1.54, 1.807) is 12.5 Å². The summed E-state index contributed by atoms with van der Waals surface area (Å²) in [5, 5.41) is 3.44. The molecule has 1 aromatic carbocycles. The molecule has 2 aliphatic carbocycles. The molecule has 2 heterocycles. The third-order valence-electron chi connectivity index (χ3n) is 6.44. The minimum Gasteiger partial charge on any atom is -0.367 e. The number of rotatable bonds is 5. The zero-order valence-corrected chi connectivity index (χ0v) is 21.0. The van der Waals surface area contributed by atoms with Gasteiger partial charge in [-0.25, -0.2) is 32.2 Å². The van der Waals surface area contributed by atoms with E-state index in [1.807, 2.05) is 12.2 Å². The summed E-state index contributed by atoms with van der Waals surface area (Å²) in [6, 6.07) is 2.76. The lowest BCUT2D eigenvalue weighted by molar-refractivity contribution is 0.545. The van der Waals surface area contributed by atoms with Gasteiger partial charge in [0.05, 0.1) is 11.4 Å². The van der Waals surface area contributed by atoms with Crippen LogP contribution >= 0.6 is 11.6 Å². The van der Waals surface area contributed by atoms with Crippen LogP contribution in [-0.4, -0.2) is 30.6 Å². The fourth-order valence-electron chi connectivity index (χ4n) is 4.32. The SMILES string of the molecule is CC1CCc2c(ncnc2NC2CC2)/C=C\C1=C1\C=NC(Cl)=C(NS(=O)(=O)c2ccc(F)cc2F)C1. The molecule has 0 radical (unpaired) electrons. The third-order valence-corrected chi connectivity index (χ3v) is 8.19. The molecule has 1 aliphatic heterocycles. The van der Waals surface area contributed by atoms with Crippen LogP contribution in [0.5, 0.6) is 0 Å². The highest BCUT2D eigenvalue weighted by molar-refractivity contribution is 7.89. The largest absolute Gasteiger partial charge is 0.367 e. The Bertz CT molecular complexity index is 1450. The summed E-state index contributed by atoms with van der Waals surface area (Å²) in [5.74, 6) is -1.04. The predicted molar refractivity (Wildman–Crippen MR) is 135 cm³/mol. The maximum Gasteiger partial charge on any atom is 0.264 e. The van der Waals surface area contributed by atoms with E-state index in [-0.39, 0.29) is 23.2 Å². The number of anilines is 1. The lowest BCUT2D eigenvalue weighted by Crippen LogP contribution is -2.26. The summed E-state index contributed by atoms with van der Waals surface area (Å²) in [6.07, 6.45) is 11.2. The first-order chi connectivity index (χ1) is 17.2. The highest BCUT2D eigenvalue weighted by Crippen LogP contribution is 2.34. The number of fused-ring (bicyclic) bond motifs is 1. The molecular weight excluding hydrogens is 508 g/mol. The molecule has 1 fully saturated rings. The molecule has 0 amide bonds. The number of aliphatic imine (C=N–C) groups is 1. The van der Waals surface area contributed by atoms with E-state index < -0.39 is 26.6 Å². The molecule has 0 bridgehead atoms. The molecule has 1 atom stereocenters. The number of allylic oxidation sites excluding steroid dienone is 3. The maximum atomic E-state index is 14.2. The quantitative estimate of drug-likeness (QED) is 0.524. The molecule has 5 rings (SSSR count). The van der Waals surface area contributed by atoms with Crippen LogP contribution in [0.25, 0.3) is 6.08 Å². The predicted octanol–water partition coefficient (Wildman–Crippen LogP) is 5.08. The van der Waals surface area contributed by atoms with E-state index in [1.165, 1.54) is 0 Å². The van der Waals surface area contributed by atoms with Crippen molar-refractivity contribution in [2.24, 2.45) is 10.9 Å². The maximum absolute atomic E-state index is 14.2. The summed E-state index contributed by atoms with van der Waals surface area (Å²) in [4.78, 5) is 12.4. The molecule has 0 spiro atoms. The second-order valence-electron chi connectivity index (χ2n) is 9.14. The Labute approximate surface area is 213 Å². The number of aromatic nitrogens is 2. The molecule has 3 aliphatic rings. The number of nitrogens with one attached hydrogen (secondary N) is 2. The van der Waals surface area contributed by atoms with Crippen molar-refractivity contribution in [2.45, 2.75) is 50.0 Å². The summed E-state index contributed by atoms with van der Waals surface area (Å²) in [7, 11) is -4.34. The summed E-state index contributed by atoms with van der Waals surface area (Å²) >= 11 is 6.21. The van der Waals surface area contributed by atoms with Crippen LogP contribution in [0.3, 0.4) is 0 Å². The van der Waals surface area contributed by atoms with E-state index >= 15 is 0 Å². The first-order valence-electron chi connectivity index (χ1n) is 11.6. The van der Waals surface area contributed by atoms with Gasteiger partial charge in [-0.1, -0.05) is 24.6 Å². The molecule has 2 aromatic rings.